The summed E-state index contributed by atoms with van der Waals surface area (Å²) in [6.07, 6.45) is 0. The summed E-state index contributed by atoms with van der Waals surface area (Å²) >= 11 is 0. The fourth-order valence-electron chi connectivity index (χ4n) is 1.89. The van der Waals surface area contributed by atoms with Gasteiger partial charge in [-0.05, 0) is 19.1 Å². The van der Waals surface area contributed by atoms with Gasteiger partial charge in [0.1, 0.15) is 10.6 Å². The second kappa shape index (κ2) is 5.36. The molecule has 0 aliphatic rings. The maximum atomic E-state index is 11.9. The van der Waals surface area contributed by atoms with Crippen molar-refractivity contribution < 1.29 is 18.6 Å². The van der Waals surface area contributed by atoms with E-state index in [-0.39, 0.29) is 17.7 Å². The van der Waals surface area contributed by atoms with Gasteiger partial charge in [0.15, 0.2) is 5.76 Å². The van der Waals surface area contributed by atoms with E-state index in [1.54, 1.807) is 17.8 Å². The lowest BCUT2D eigenvalue weighted by molar-refractivity contribution is -0.402. The molecule has 0 fully saturated rings. The number of hydrogen-bond donors (Lipinski definition) is 1. The lowest BCUT2D eigenvalue weighted by Crippen LogP contribution is -2.11. The Balaban J connectivity index is 1.77. The van der Waals surface area contributed by atoms with Gasteiger partial charge in [0.25, 0.3) is 11.8 Å². The quantitative estimate of drug-likeness (QED) is 0.563. The van der Waals surface area contributed by atoms with Crippen molar-refractivity contribution in [1.82, 2.24) is 20.0 Å². The van der Waals surface area contributed by atoms with Crippen molar-refractivity contribution in [3.63, 3.8) is 0 Å². The number of aryl methyl sites for hydroxylation is 2. The van der Waals surface area contributed by atoms with Crippen LogP contribution in [0.3, 0.4) is 0 Å². The molecule has 0 unspecified atom stereocenters. The van der Waals surface area contributed by atoms with Gasteiger partial charge in [-0.15, -0.1) is 5.10 Å². The topological polar surface area (TPSA) is 142 Å². The molecular weight excluding hydrogens is 308 g/mol. The normalized spacial score (nSPS) is 10.7. The molecule has 1 amide bonds. The first-order valence-electron chi connectivity index (χ1n) is 6.34. The highest BCUT2D eigenvalue weighted by Crippen LogP contribution is 2.21. The van der Waals surface area contributed by atoms with Crippen molar-refractivity contribution in [2.45, 2.75) is 6.92 Å². The summed E-state index contributed by atoms with van der Waals surface area (Å²) in [6, 6.07) is 3.83. The minimum atomic E-state index is -0.744. The third-order valence-electron chi connectivity index (χ3n) is 2.86. The second-order valence-electron chi connectivity index (χ2n) is 4.56. The molecule has 0 aromatic carbocycles. The number of carbonyl (C=O) groups is 1. The van der Waals surface area contributed by atoms with Gasteiger partial charge in [-0.25, -0.2) is 0 Å². The summed E-state index contributed by atoms with van der Waals surface area (Å²) in [7, 11) is 1.72. The van der Waals surface area contributed by atoms with Crippen LogP contribution in [0, 0.1) is 17.0 Å². The standard InChI is InChI=1S/C12H10N6O5/c1-6-5-7(17(2)16-6)11-14-15-12(23-11)13-10(19)8-3-4-9(22-8)18(20)21/h3-5H,1-2H3,(H,13,15,19). The van der Waals surface area contributed by atoms with Gasteiger partial charge < -0.3 is 8.83 Å². The third-order valence-corrected chi connectivity index (χ3v) is 2.86. The molecule has 0 bridgehead atoms. The van der Waals surface area contributed by atoms with Crippen LogP contribution in [-0.4, -0.2) is 30.8 Å². The maximum absolute atomic E-state index is 11.9. The average Bonchev–Trinajstić information content (AvgIpc) is 3.18. The van der Waals surface area contributed by atoms with Crippen LogP contribution in [0.1, 0.15) is 16.2 Å². The van der Waals surface area contributed by atoms with Crippen LogP contribution in [0.25, 0.3) is 11.6 Å². The van der Waals surface area contributed by atoms with Crippen LogP contribution in [0.15, 0.2) is 27.0 Å². The predicted octanol–water partition coefficient (Wildman–Crippen LogP) is 1.53. The summed E-state index contributed by atoms with van der Waals surface area (Å²) in [5.74, 6) is -1.34. The molecule has 3 aromatic heterocycles. The fourth-order valence-corrected chi connectivity index (χ4v) is 1.89. The van der Waals surface area contributed by atoms with E-state index < -0.39 is 16.7 Å². The first-order valence-corrected chi connectivity index (χ1v) is 6.34. The predicted molar refractivity (Wildman–Crippen MR) is 74.6 cm³/mol. The second-order valence-corrected chi connectivity index (χ2v) is 4.56. The minimum Gasteiger partial charge on any atom is -0.401 e. The van der Waals surface area contributed by atoms with Gasteiger partial charge in [-0.2, -0.15) is 5.10 Å². The molecule has 0 saturated heterocycles. The third kappa shape index (κ3) is 2.79. The number of hydrogen-bond acceptors (Lipinski definition) is 8. The van der Waals surface area contributed by atoms with Gasteiger partial charge in [-0.3, -0.25) is 24.9 Å². The number of aromatic nitrogens is 4. The average molecular weight is 318 g/mol. The number of amides is 1. The van der Waals surface area contributed by atoms with Gasteiger partial charge >= 0.3 is 11.9 Å². The van der Waals surface area contributed by atoms with Crippen LogP contribution in [-0.2, 0) is 7.05 Å². The monoisotopic (exact) mass is 318 g/mol. The Bertz CT molecular complexity index is 892. The van der Waals surface area contributed by atoms with Gasteiger partial charge in [0.2, 0.25) is 0 Å². The first kappa shape index (κ1) is 14.4. The highest BCUT2D eigenvalue weighted by molar-refractivity contribution is 6.01. The zero-order chi connectivity index (χ0) is 16.6. The molecule has 0 radical (unpaired) electrons. The molecule has 0 saturated carbocycles. The van der Waals surface area contributed by atoms with Crippen molar-refractivity contribution in [2.75, 3.05) is 5.32 Å². The van der Waals surface area contributed by atoms with Crippen LogP contribution >= 0.6 is 0 Å². The minimum absolute atomic E-state index is 0.164. The van der Waals surface area contributed by atoms with E-state index >= 15 is 0 Å². The first-order chi connectivity index (χ1) is 10.9. The Kier molecular flexibility index (Phi) is 3.37. The van der Waals surface area contributed by atoms with E-state index in [4.69, 9.17) is 8.83 Å². The molecule has 0 aliphatic carbocycles. The summed E-state index contributed by atoms with van der Waals surface area (Å²) in [5.41, 5.74) is 1.36. The largest absolute Gasteiger partial charge is 0.433 e. The Labute approximate surface area is 128 Å². The number of carbonyl (C=O) groups excluding carboxylic acids is 1. The van der Waals surface area contributed by atoms with E-state index in [1.807, 2.05) is 6.92 Å². The molecule has 0 spiro atoms. The Hall–Kier alpha value is -3.50. The Morgan fingerprint density at radius 1 is 1.35 bits per heavy atom. The summed E-state index contributed by atoms with van der Waals surface area (Å²) in [5, 5.41) is 24.5. The van der Waals surface area contributed by atoms with Crippen LogP contribution in [0.5, 0.6) is 0 Å². The van der Waals surface area contributed by atoms with Crippen molar-refractivity contribution in [2.24, 2.45) is 7.05 Å². The van der Waals surface area contributed by atoms with Crippen LogP contribution < -0.4 is 5.32 Å². The van der Waals surface area contributed by atoms with Crippen molar-refractivity contribution in [3.8, 4) is 11.6 Å². The van der Waals surface area contributed by atoms with Gasteiger partial charge in [-0.1, -0.05) is 5.10 Å². The molecule has 23 heavy (non-hydrogen) atoms. The van der Waals surface area contributed by atoms with E-state index in [9.17, 15) is 14.9 Å². The highest BCUT2D eigenvalue weighted by Gasteiger charge is 2.20. The number of nitrogens with one attached hydrogen (secondary N) is 1. The summed E-state index contributed by atoms with van der Waals surface area (Å²) in [4.78, 5) is 21.7. The molecule has 3 aromatic rings. The zero-order valence-corrected chi connectivity index (χ0v) is 12.0. The molecule has 1 N–H and O–H groups in total. The summed E-state index contributed by atoms with van der Waals surface area (Å²) < 4.78 is 11.7. The SMILES string of the molecule is Cc1cc(-c2nnc(NC(=O)c3ccc([N+](=O)[O-])o3)o2)n(C)n1. The highest BCUT2D eigenvalue weighted by atomic mass is 16.6. The number of furan rings is 1. The van der Waals surface area contributed by atoms with Crippen molar-refractivity contribution in [1.29, 1.82) is 0 Å². The zero-order valence-electron chi connectivity index (χ0n) is 12.0. The lowest BCUT2D eigenvalue weighted by Gasteiger charge is -1.96. The van der Waals surface area contributed by atoms with E-state index in [1.165, 1.54) is 6.07 Å². The van der Waals surface area contributed by atoms with Gasteiger partial charge in [0.05, 0.1) is 11.8 Å². The molecule has 11 nitrogen and oxygen atoms in total. The van der Waals surface area contributed by atoms with Crippen molar-refractivity contribution in [3.05, 3.63) is 39.8 Å². The van der Waals surface area contributed by atoms with E-state index in [2.05, 4.69) is 20.6 Å². The van der Waals surface area contributed by atoms with E-state index in [0.717, 1.165) is 11.8 Å². The summed E-state index contributed by atoms with van der Waals surface area (Å²) in [6.45, 7) is 1.81. The van der Waals surface area contributed by atoms with Gasteiger partial charge in [0, 0.05) is 7.05 Å². The Morgan fingerprint density at radius 3 is 2.74 bits per heavy atom. The number of nitro groups is 1. The number of nitrogens with zero attached hydrogens (tertiary/aromatic N) is 5. The van der Waals surface area contributed by atoms with Crippen molar-refractivity contribution >= 4 is 17.8 Å². The van der Waals surface area contributed by atoms with Crippen LogP contribution in [0.2, 0.25) is 0 Å². The van der Waals surface area contributed by atoms with Crippen LogP contribution in [0.4, 0.5) is 11.9 Å². The molecule has 0 atom stereocenters. The molecule has 3 rings (SSSR count). The molecular formula is C12H10N6O5. The molecule has 11 heteroatoms. The molecule has 0 aliphatic heterocycles. The number of anilines is 1. The molecule has 3 heterocycles. The number of rotatable bonds is 4. The lowest BCUT2D eigenvalue weighted by atomic mass is 10.4. The molecule has 118 valence electrons. The smallest absolute Gasteiger partial charge is 0.401 e. The maximum Gasteiger partial charge on any atom is 0.433 e. The fraction of sp³-hybridized carbons (Fsp3) is 0.167. The van der Waals surface area contributed by atoms with E-state index in [0.29, 0.717) is 5.69 Å². The Morgan fingerprint density at radius 2 is 2.13 bits per heavy atom.